The first-order chi connectivity index (χ1) is 12.9. The van der Waals surface area contributed by atoms with Crippen LogP contribution in [0.4, 0.5) is 4.39 Å². The maximum Gasteiger partial charge on any atom is 0.343 e. The van der Waals surface area contributed by atoms with E-state index < -0.39 is 11.6 Å². The van der Waals surface area contributed by atoms with Crippen molar-refractivity contribution in [2.24, 2.45) is 0 Å². The van der Waals surface area contributed by atoms with Crippen LogP contribution in [0, 0.1) is 5.82 Å². The fraction of sp³-hybridized carbons (Fsp3) is 0.250. The number of aromatic nitrogens is 2. The van der Waals surface area contributed by atoms with Crippen LogP contribution in [0.3, 0.4) is 0 Å². The van der Waals surface area contributed by atoms with Crippen LogP contribution in [0.1, 0.15) is 30.0 Å². The molecule has 0 radical (unpaired) electrons. The van der Waals surface area contributed by atoms with E-state index in [4.69, 9.17) is 4.74 Å². The number of halogens is 1. The van der Waals surface area contributed by atoms with Gasteiger partial charge in [-0.3, -0.25) is 4.79 Å². The Morgan fingerprint density at radius 2 is 2.11 bits per heavy atom. The third-order valence-electron chi connectivity index (χ3n) is 5.47. The largest absolute Gasteiger partial charge is 0.458 e. The van der Waals surface area contributed by atoms with Gasteiger partial charge in [-0.15, -0.1) is 0 Å². The summed E-state index contributed by atoms with van der Waals surface area (Å²) < 4.78 is 20.1. The number of cyclic esters (lactones) is 1. The summed E-state index contributed by atoms with van der Waals surface area (Å²) in [5.41, 5.74) is 0.963. The maximum absolute atomic E-state index is 13.5. The Morgan fingerprint density at radius 1 is 1.30 bits per heavy atom. The number of fused-ring (bicyclic) bond motifs is 5. The lowest BCUT2D eigenvalue weighted by Crippen LogP contribution is -2.44. The monoisotopic (exact) mass is 366 g/mol. The van der Waals surface area contributed by atoms with Gasteiger partial charge < -0.3 is 14.4 Å². The van der Waals surface area contributed by atoms with Crippen LogP contribution < -0.4 is 5.56 Å². The molecule has 1 atom stereocenters. The average Bonchev–Trinajstić information content (AvgIpc) is 3.01. The van der Waals surface area contributed by atoms with Crippen molar-refractivity contribution in [3.05, 3.63) is 63.2 Å². The molecule has 0 saturated carbocycles. The van der Waals surface area contributed by atoms with Crippen LogP contribution in [0.5, 0.6) is 0 Å². The number of ether oxygens (including phenoxy) is 1. The number of pyridine rings is 2. The van der Waals surface area contributed by atoms with Gasteiger partial charge in [0.05, 0.1) is 29.0 Å². The molecule has 2 aliphatic rings. The number of benzene rings is 1. The Kier molecular flexibility index (Phi) is 3.13. The highest BCUT2D eigenvalue weighted by Gasteiger charge is 2.45. The molecule has 0 bridgehead atoms. The Hall–Kier alpha value is -3.06. The highest BCUT2D eigenvalue weighted by molar-refractivity contribution is 5.86. The van der Waals surface area contributed by atoms with E-state index in [0.717, 1.165) is 5.56 Å². The van der Waals surface area contributed by atoms with Gasteiger partial charge in [0.25, 0.3) is 5.56 Å². The molecule has 6 nitrogen and oxygen atoms in total. The van der Waals surface area contributed by atoms with E-state index in [1.807, 2.05) is 6.07 Å². The maximum atomic E-state index is 13.5. The van der Waals surface area contributed by atoms with E-state index in [2.05, 4.69) is 4.98 Å². The van der Waals surface area contributed by atoms with E-state index >= 15 is 0 Å². The molecule has 136 valence electrons. The summed E-state index contributed by atoms with van der Waals surface area (Å²) in [7, 11) is 0. The van der Waals surface area contributed by atoms with Crippen molar-refractivity contribution < 1.29 is 19.0 Å². The molecule has 0 aliphatic carbocycles. The van der Waals surface area contributed by atoms with E-state index in [9.17, 15) is 19.1 Å². The van der Waals surface area contributed by atoms with Gasteiger partial charge in [-0.05, 0) is 36.8 Å². The predicted molar refractivity (Wildman–Crippen MR) is 94.5 cm³/mol. The molecule has 7 heteroatoms. The number of esters is 1. The van der Waals surface area contributed by atoms with Crippen LogP contribution in [-0.2, 0) is 28.3 Å². The molecule has 0 amide bonds. The molecule has 4 heterocycles. The Bertz CT molecular complexity index is 1220. The zero-order valence-corrected chi connectivity index (χ0v) is 14.5. The molecule has 2 aliphatic heterocycles. The summed E-state index contributed by atoms with van der Waals surface area (Å²) >= 11 is 0. The minimum Gasteiger partial charge on any atom is -0.458 e. The summed E-state index contributed by atoms with van der Waals surface area (Å²) in [6, 6.07) is 7.81. The lowest BCUT2D eigenvalue weighted by atomic mass is 9.86. The van der Waals surface area contributed by atoms with Crippen molar-refractivity contribution in [1.29, 1.82) is 0 Å². The molecule has 1 unspecified atom stereocenters. The fourth-order valence-electron chi connectivity index (χ4n) is 3.96. The minimum absolute atomic E-state index is 0.0962. The zero-order valence-electron chi connectivity index (χ0n) is 14.5. The van der Waals surface area contributed by atoms with Gasteiger partial charge in [0.2, 0.25) is 0 Å². The quantitative estimate of drug-likeness (QED) is 0.523. The third kappa shape index (κ3) is 2.06. The molecule has 5 rings (SSSR count). The van der Waals surface area contributed by atoms with Gasteiger partial charge in [0, 0.05) is 16.5 Å². The molecule has 1 aromatic carbocycles. The first kappa shape index (κ1) is 16.1. The number of hydrogen-bond acceptors (Lipinski definition) is 5. The first-order valence-electron chi connectivity index (χ1n) is 8.68. The van der Waals surface area contributed by atoms with Gasteiger partial charge in [-0.2, -0.15) is 0 Å². The Balaban J connectivity index is 1.80. The summed E-state index contributed by atoms with van der Waals surface area (Å²) in [5.74, 6) is -1.10. The van der Waals surface area contributed by atoms with Gasteiger partial charge in [0.15, 0.2) is 5.60 Å². The third-order valence-corrected chi connectivity index (χ3v) is 5.47. The predicted octanol–water partition coefficient (Wildman–Crippen LogP) is 2.22. The lowest BCUT2D eigenvalue weighted by molar-refractivity contribution is -0.172. The molecular formula is C20H15FN2O4. The van der Waals surface area contributed by atoms with E-state index in [1.165, 1.54) is 12.1 Å². The molecule has 0 saturated heterocycles. The Morgan fingerprint density at radius 3 is 2.89 bits per heavy atom. The topological polar surface area (TPSA) is 81.4 Å². The van der Waals surface area contributed by atoms with Crippen LogP contribution in [-0.4, -0.2) is 20.6 Å². The number of hydrogen-bond donors (Lipinski definition) is 1. The number of aliphatic hydroxyl groups is 1. The van der Waals surface area contributed by atoms with Crippen LogP contribution >= 0.6 is 0 Å². The van der Waals surface area contributed by atoms with Crippen molar-refractivity contribution in [3.63, 3.8) is 0 Å². The van der Waals surface area contributed by atoms with Crippen LogP contribution in [0.15, 0.2) is 35.1 Å². The van der Waals surface area contributed by atoms with Crippen molar-refractivity contribution in [1.82, 2.24) is 9.55 Å². The molecule has 2 aromatic heterocycles. The number of carbonyl (C=O) groups excluding carboxylic acids is 1. The molecular weight excluding hydrogens is 351 g/mol. The van der Waals surface area contributed by atoms with Gasteiger partial charge >= 0.3 is 5.97 Å². The minimum atomic E-state index is -1.84. The smallest absolute Gasteiger partial charge is 0.343 e. The molecule has 3 aromatic rings. The highest BCUT2D eigenvalue weighted by Crippen LogP contribution is 2.38. The number of nitrogens with zero attached hydrogens (tertiary/aromatic N) is 2. The normalized spacial score (nSPS) is 20.2. The summed E-state index contributed by atoms with van der Waals surface area (Å²) in [6.45, 7) is 1.80. The summed E-state index contributed by atoms with van der Waals surface area (Å²) in [4.78, 5) is 29.7. The summed E-state index contributed by atoms with van der Waals surface area (Å²) in [6.07, 6.45) is 0.0962. The second-order valence-corrected chi connectivity index (χ2v) is 6.94. The zero-order chi connectivity index (χ0) is 18.9. The van der Waals surface area contributed by atoms with E-state index in [0.29, 0.717) is 28.8 Å². The van der Waals surface area contributed by atoms with Crippen molar-refractivity contribution in [2.45, 2.75) is 32.1 Å². The molecule has 0 spiro atoms. The number of carbonyl (C=O) groups is 1. The fourth-order valence-corrected chi connectivity index (χ4v) is 3.96. The SMILES string of the molecule is CCC1(O)C(=O)OCc2c1cc1n(c2=O)Cc2cc3cc(F)ccc3nc2-1. The van der Waals surface area contributed by atoms with Gasteiger partial charge in [-0.1, -0.05) is 6.92 Å². The second kappa shape index (κ2) is 5.23. The first-order valence-corrected chi connectivity index (χ1v) is 8.68. The van der Waals surface area contributed by atoms with Crippen molar-refractivity contribution in [3.8, 4) is 11.4 Å². The molecule has 0 fully saturated rings. The van der Waals surface area contributed by atoms with E-state index in [-0.39, 0.29) is 35.5 Å². The summed E-state index contributed by atoms with van der Waals surface area (Å²) in [5, 5.41) is 11.5. The lowest BCUT2D eigenvalue weighted by Gasteiger charge is -2.31. The van der Waals surface area contributed by atoms with Crippen LogP contribution in [0.25, 0.3) is 22.3 Å². The highest BCUT2D eigenvalue weighted by atomic mass is 19.1. The standard InChI is InChI=1S/C20H15FN2O4/c1-2-20(26)14-7-16-17-11(5-10-6-12(21)3-4-15(10)22-17)8-23(16)18(24)13(14)9-27-19(20)25/h3-7,26H,2,8-9H2,1H3. The average molecular weight is 366 g/mol. The number of rotatable bonds is 1. The molecule has 27 heavy (non-hydrogen) atoms. The van der Waals surface area contributed by atoms with Gasteiger partial charge in [0.1, 0.15) is 12.4 Å². The van der Waals surface area contributed by atoms with Gasteiger partial charge in [-0.25, -0.2) is 14.2 Å². The van der Waals surface area contributed by atoms with E-state index in [1.54, 1.807) is 23.6 Å². The van der Waals surface area contributed by atoms with Crippen molar-refractivity contribution in [2.75, 3.05) is 0 Å². The molecule has 1 N–H and O–H groups in total. The Labute approximate surface area is 152 Å². The van der Waals surface area contributed by atoms with Crippen LogP contribution in [0.2, 0.25) is 0 Å². The van der Waals surface area contributed by atoms with Crippen molar-refractivity contribution >= 4 is 16.9 Å². The second-order valence-electron chi connectivity index (χ2n) is 6.94.